The van der Waals surface area contributed by atoms with E-state index in [2.05, 4.69) is 5.32 Å². The number of aliphatic hydroxyl groups is 1. The molecular formula is C19H23NO4. The lowest BCUT2D eigenvalue weighted by molar-refractivity contribution is 0.106. The number of rotatable bonds is 8. The number of ether oxygens (including phenoxy) is 3. The van der Waals surface area contributed by atoms with Gasteiger partial charge in [-0.2, -0.15) is 0 Å². The Bertz CT molecular complexity index is 674. The Balaban J connectivity index is 1.34. The van der Waals surface area contributed by atoms with Gasteiger partial charge >= 0.3 is 0 Å². The lowest BCUT2D eigenvalue weighted by atomic mass is 10.1. The molecule has 24 heavy (non-hydrogen) atoms. The number of fused-ring (bicyclic) bond motifs is 1. The second-order valence-corrected chi connectivity index (χ2v) is 5.92. The molecule has 0 aromatic heterocycles. The van der Waals surface area contributed by atoms with Crippen LogP contribution in [0.2, 0.25) is 0 Å². The summed E-state index contributed by atoms with van der Waals surface area (Å²) in [7, 11) is 0. The molecule has 1 heterocycles. The minimum Gasteiger partial charge on any atom is -0.491 e. The van der Waals surface area contributed by atoms with Crippen molar-refractivity contribution in [2.45, 2.75) is 19.4 Å². The van der Waals surface area contributed by atoms with E-state index in [4.69, 9.17) is 14.2 Å². The summed E-state index contributed by atoms with van der Waals surface area (Å²) in [6, 6.07) is 13.8. The average Bonchev–Trinajstić information content (AvgIpc) is 3.05. The van der Waals surface area contributed by atoms with Crippen molar-refractivity contribution in [2.24, 2.45) is 0 Å². The largest absolute Gasteiger partial charge is 0.491 e. The highest BCUT2D eigenvalue weighted by Crippen LogP contribution is 2.32. The van der Waals surface area contributed by atoms with E-state index in [0.29, 0.717) is 13.3 Å². The maximum Gasteiger partial charge on any atom is 0.231 e. The number of hydrogen-bond acceptors (Lipinski definition) is 5. The van der Waals surface area contributed by atoms with Gasteiger partial charge in [-0.25, -0.2) is 0 Å². The lowest BCUT2D eigenvalue weighted by Crippen LogP contribution is -2.32. The van der Waals surface area contributed by atoms with Crippen LogP contribution in [0.4, 0.5) is 0 Å². The minimum absolute atomic E-state index is 0.278. The number of nitrogens with one attached hydrogen (secondary N) is 1. The summed E-state index contributed by atoms with van der Waals surface area (Å²) in [6.45, 7) is 3.86. The molecule has 1 atom stereocenters. The van der Waals surface area contributed by atoms with Crippen molar-refractivity contribution in [3.05, 3.63) is 53.6 Å². The Hall–Kier alpha value is -2.24. The molecule has 2 N–H and O–H groups in total. The average molecular weight is 329 g/mol. The highest BCUT2D eigenvalue weighted by Gasteiger charge is 2.13. The highest BCUT2D eigenvalue weighted by molar-refractivity contribution is 5.44. The summed E-state index contributed by atoms with van der Waals surface area (Å²) in [5.74, 6) is 2.39. The SMILES string of the molecule is Cc1cccc(OCC(O)CNCCc2ccc3c(c2)OCO3)c1. The molecule has 5 nitrogen and oxygen atoms in total. The number of hydrogen-bond donors (Lipinski definition) is 2. The maximum atomic E-state index is 9.98. The quantitative estimate of drug-likeness (QED) is 0.728. The van der Waals surface area contributed by atoms with Crippen molar-refractivity contribution in [3.63, 3.8) is 0 Å². The van der Waals surface area contributed by atoms with Crippen molar-refractivity contribution in [1.29, 1.82) is 0 Å². The number of aryl methyl sites for hydroxylation is 1. The van der Waals surface area contributed by atoms with E-state index >= 15 is 0 Å². The fraction of sp³-hybridized carbons (Fsp3) is 0.368. The standard InChI is InChI=1S/C19H23NO4/c1-14-3-2-4-17(9-14)22-12-16(21)11-20-8-7-15-5-6-18-19(10-15)24-13-23-18/h2-6,9-10,16,20-21H,7-8,11-13H2,1H3. The molecule has 0 amide bonds. The summed E-state index contributed by atoms with van der Waals surface area (Å²) in [5.41, 5.74) is 2.32. The molecule has 0 spiro atoms. The zero-order valence-corrected chi connectivity index (χ0v) is 13.8. The molecule has 1 unspecified atom stereocenters. The van der Waals surface area contributed by atoms with Gasteiger partial charge in [0.2, 0.25) is 6.79 Å². The van der Waals surface area contributed by atoms with Crippen LogP contribution in [0.1, 0.15) is 11.1 Å². The predicted molar refractivity (Wildman–Crippen MR) is 91.8 cm³/mol. The second-order valence-electron chi connectivity index (χ2n) is 5.92. The molecule has 3 rings (SSSR count). The van der Waals surface area contributed by atoms with Crippen molar-refractivity contribution in [2.75, 3.05) is 26.5 Å². The van der Waals surface area contributed by atoms with Crippen molar-refractivity contribution in [3.8, 4) is 17.2 Å². The molecule has 5 heteroatoms. The van der Waals surface area contributed by atoms with Crippen LogP contribution in [0.25, 0.3) is 0 Å². The molecule has 2 aromatic rings. The van der Waals surface area contributed by atoms with E-state index in [1.54, 1.807) is 0 Å². The third kappa shape index (κ3) is 4.63. The van der Waals surface area contributed by atoms with Gasteiger partial charge in [-0.15, -0.1) is 0 Å². The summed E-state index contributed by atoms with van der Waals surface area (Å²) < 4.78 is 16.3. The first-order valence-corrected chi connectivity index (χ1v) is 8.17. The van der Waals surface area contributed by atoms with E-state index in [1.165, 1.54) is 5.56 Å². The molecule has 0 fully saturated rings. The lowest BCUT2D eigenvalue weighted by Gasteiger charge is -2.13. The number of benzene rings is 2. The van der Waals surface area contributed by atoms with Gasteiger partial charge in [-0.1, -0.05) is 18.2 Å². The van der Waals surface area contributed by atoms with Gasteiger partial charge in [0, 0.05) is 6.54 Å². The highest BCUT2D eigenvalue weighted by atomic mass is 16.7. The fourth-order valence-electron chi connectivity index (χ4n) is 2.55. The van der Waals surface area contributed by atoms with E-state index in [9.17, 15) is 5.11 Å². The molecule has 1 aliphatic rings. The zero-order valence-electron chi connectivity index (χ0n) is 13.8. The normalized spacial score (nSPS) is 13.8. The molecule has 0 aliphatic carbocycles. The Morgan fingerprint density at radius 2 is 2.04 bits per heavy atom. The summed E-state index contributed by atoms with van der Waals surface area (Å²) in [4.78, 5) is 0. The molecule has 0 saturated carbocycles. The molecular weight excluding hydrogens is 306 g/mol. The summed E-state index contributed by atoms with van der Waals surface area (Å²) >= 11 is 0. The Labute approximate surface area is 142 Å². The minimum atomic E-state index is -0.540. The van der Waals surface area contributed by atoms with Crippen molar-refractivity contribution >= 4 is 0 Å². The van der Waals surface area contributed by atoms with E-state index < -0.39 is 6.10 Å². The predicted octanol–water partition coefficient (Wildman–Crippen LogP) is 2.30. The number of aliphatic hydroxyl groups excluding tert-OH is 1. The van der Waals surface area contributed by atoms with E-state index in [0.717, 1.165) is 35.8 Å². The summed E-state index contributed by atoms with van der Waals surface area (Å²) in [5, 5.41) is 13.2. The van der Waals surface area contributed by atoms with Crippen LogP contribution >= 0.6 is 0 Å². The van der Waals surface area contributed by atoms with Crippen LogP contribution in [-0.2, 0) is 6.42 Å². The van der Waals surface area contributed by atoms with Gasteiger partial charge in [0.15, 0.2) is 11.5 Å². The Kier molecular flexibility index (Phi) is 5.56. The maximum absolute atomic E-state index is 9.98. The molecule has 0 saturated heterocycles. The molecule has 0 bridgehead atoms. The first-order chi connectivity index (χ1) is 11.7. The summed E-state index contributed by atoms with van der Waals surface area (Å²) in [6.07, 6.45) is 0.324. The molecule has 2 aromatic carbocycles. The fourth-order valence-corrected chi connectivity index (χ4v) is 2.55. The molecule has 0 radical (unpaired) electrons. The van der Waals surface area contributed by atoms with Gasteiger partial charge in [-0.3, -0.25) is 0 Å². The van der Waals surface area contributed by atoms with Crippen LogP contribution in [-0.4, -0.2) is 37.7 Å². The molecule has 1 aliphatic heterocycles. The van der Waals surface area contributed by atoms with Crippen molar-refractivity contribution in [1.82, 2.24) is 5.32 Å². The van der Waals surface area contributed by atoms with Gasteiger partial charge in [-0.05, 0) is 55.3 Å². The third-order valence-corrected chi connectivity index (χ3v) is 3.84. The van der Waals surface area contributed by atoms with Crippen LogP contribution in [0, 0.1) is 6.92 Å². The second kappa shape index (κ2) is 8.04. The Morgan fingerprint density at radius 3 is 2.92 bits per heavy atom. The molecule has 128 valence electrons. The third-order valence-electron chi connectivity index (χ3n) is 3.84. The van der Waals surface area contributed by atoms with Gasteiger partial charge < -0.3 is 24.6 Å². The zero-order chi connectivity index (χ0) is 16.8. The van der Waals surface area contributed by atoms with Crippen LogP contribution < -0.4 is 19.5 Å². The monoisotopic (exact) mass is 329 g/mol. The smallest absolute Gasteiger partial charge is 0.231 e. The van der Waals surface area contributed by atoms with Crippen LogP contribution in [0.3, 0.4) is 0 Å². The van der Waals surface area contributed by atoms with Crippen molar-refractivity contribution < 1.29 is 19.3 Å². The Morgan fingerprint density at radius 1 is 1.17 bits per heavy atom. The van der Waals surface area contributed by atoms with E-state index in [1.807, 2.05) is 49.4 Å². The van der Waals surface area contributed by atoms with Crippen LogP contribution in [0.15, 0.2) is 42.5 Å². The van der Waals surface area contributed by atoms with Crippen LogP contribution in [0.5, 0.6) is 17.2 Å². The van der Waals surface area contributed by atoms with Gasteiger partial charge in [0.25, 0.3) is 0 Å². The topological polar surface area (TPSA) is 60.0 Å². The first-order valence-electron chi connectivity index (χ1n) is 8.17. The van der Waals surface area contributed by atoms with Gasteiger partial charge in [0.05, 0.1) is 0 Å². The van der Waals surface area contributed by atoms with Gasteiger partial charge in [0.1, 0.15) is 18.5 Å². The first kappa shape index (κ1) is 16.6. The van der Waals surface area contributed by atoms with E-state index in [-0.39, 0.29) is 6.61 Å².